The molecular formula is C9H11N3O3. The maximum Gasteiger partial charge on any atom is 0.345 e. The topological polar surface area (TPSA) is 95.1 Å². The van der Waals surface area contributed by atoms with Crippen molar-refractivity contribution in [2.75, 3.05) is 6.54 Å². The normalized spacial score (nSPS) is 14.7. The molecule has 0 bridgehead atoms. The summed E-state index contributed by atoms with van der Waals surface area (Å²) in [5.74, 6) is -0.964. The van der Waals surface area contributed by atoms with Crippen LogP contribution in [-0.4, -0.2) is 27.6 Å². The van der Waals surface area contributed by atoms with Gasteiger partial charge >= 0.3 is 11.7 Å². The number of carboxylic acid groups (broad SMARTS) is 1. The predicted octanol–water partition coefficient (Wildman–Crippen LogP) is -0.957. The molecule has 80 valence electrons. The van der Waals surface area contributed by atoms with Gasteiger partial charge in [0.25, 0.3) is 0 Å². The van der Waals surface area contributed by atoms with Gasteiger partial charge in [-0.25, -0.2) is 4.79 Å². The van der Waals surface area contributed by atoms with Crippen molar-refractivity contribution in [2.24, 2.45) is 0 Å². The molecule has 6 heteroatoms. The molecule has 0 amide bonds. The molecule has 0 saturated heterocycles. The van der Waals surface area contributed by atoms with Gasteiger partial charge in [0.1, 0.15) is 0 Å². The van der Waals surface area contributed by atoms with Gasteiger partial charge in [0.05, 0.1) is 12.1 Å². The van der Waals surface area contributed by atoms with Gasteiger partial charge in [0.2, 0.25) is 0 Å². The Morgan fingerprint density at radius 1 is 1.53 bits per heavy atom. The van der Waals surface area contributed by atoms with Gasteiger partial charge in [0, 0.05) is 12.2 Å². The highest BCUT2D eigenvalue weighted by atomic mass is 16.4. The molecule has 3 N–H and O–H groups in total. The van der Waals surface area contributed by atoms with Crippen LogP contribution in [-0.2, 0) is 24.2 Å². The molecule has 0 fully saturated rings. The smallest absolute Gasteiger partial charge is 0.345 e. The summed E-state index contributed by atoms with van der Waals surface area (Å²) in [5.41, 5.74) is 1.55. The van der Waals surface area contributed by atoms with Crippen LogP contribution in [0.3, 0.4) is 0 Å². The quantitative estimate of drug-likeness (QED) is 0.583. The van der Waals surface area contributed by atoms with E-state index in [1.54, 1.807) is 0 Å². The number of rotatable bonds is 2. The Bertz CT molecular complexity index is 452. The van der Waals surface area contributed by atoms with Gasteiger partial charge in [-0.1, -0.05) is 0 Å². The number of aromatic nitrogens is 2. The first-order valence-corrected chi connectivity index (χ1v) is 4.70. The molecule has 2 rings (SSSR count). The molecular weight excluding hydrogens is 198 g/mol. The summed E-state index contributed by atoms with van der Waals surface area (Å²) in [4.78, 5) is 28.1. The minimum absolute atomic E-state index is 0.188. The van der Waals surface area contributed by atoms with Crippen LogP contribution in [0.25, 0.3) is 0 Å². The van der Waals surface area contributed by atoms with E-state index in [1.807, 2.05) is 0 Å². The van der Waals surface area contributed by atoms with Crippen molar-refractivity contribution in [1.82, 2.24) is 15.3 Å². The zero-order valence-corrected chi connectivity index (χ0v) is 8.04. The van der Waals surface area contributed by atoms with E-state index in [-0.39, 0.29) is 6.42 Å². The van der Waals surface area contributed by atoms with Gasteiger partial charge in [-0.15, -0.1) is 0 Å². The van der Waals surface area contributed by atoms with Crippen LogP contribution in [0.15, 0.2) is 4.79 Å². The first-order chi connectivity index (χ1) is 7.16. The number of nitrogens with one attached hydrogen (secondary N) is 2. The molecule has 1 aromatic heterocycles. The minimum atomic E-state index is -0.964. The second kappa shape index (κ2) is 3.82. The standard InChI is InChI=1S/C9H11N3O3/c13-8(14)3-6-5-1-2-10-4-7(5)12-9(15)11-6/h10H,1-4H2,(H,13,14)(H,11,12,15). The van der Waals surface area contributed by atoms with Crippen LogP contribution < -0.4 is 11.0 Å². The van der Waals surface area contributed by atoms with E-state index >= 15 is 0 Å². The lowest BCUT2D eigenvalue weighted by molar-refractivity contribution is -0.136. The van der Waals surface area contributed by atoms with Crippen molar-refractivity contribution >= 4 is 5.97 Å². The fraction of sp³-hybridized carbons (Fsp3) is 0.444. The Morgan fingerprint density at radius 2 is 2.33 bits per heavy atom. The van der Waals surface area contributed by atoms with E-state index in [2.05, 4.69) is 15.3 Å². The number of hydrogen-bond acceptors (Lipinski definition) is 4. The van der Waals surface area contributed by atoms with Crippen molar-refractivity contribution < 1.29 is 9.90 Å². The zero-order chi connectivity index (χ0) is 10.8. The van der Waals surface area contributed by atoms with Gasteiger partial charge in [0.15, 0.2) is 0 Å². The molecule has 1 aliphatic heterocycles. The largest absolute Gasteiger partial charge is 0.481 e. The lowest BCUT2D eigenvalue weighted by atomic mass is 10.0. The van der Waals surface area contributed by atoms with Crippen molar-refractivity contribution in [3.05, 3.63) is 27.4 Å². The van der Waals surface area contributed by atoms with Gasteiger partial charge in [-0.3, -0.25) is 4.79 Å². The summed E-state index contributed by atoms with van der Waals surface area (Å²) >= 11 is 0. The monoisotopic (exact) mass is 209 g/mol. The van der Waals surface area contributed by atoms with Gasteiger partial charge in [-0.2, -0.15) is 4.98 Å². The second-order valence-corrected chi connectivity index (χ2v) is 3.44. The Balaban J connectivity index is 2.47. The third-order valence-corrected chi connectivity index (χ3v) is 2.38. The number of carbonyl (C=O) groups is 1. The average Bonchev–Trinajstić information content (AvgIpc) is 2.16. The molecule has 0 spiro atoms. The first kappa shape index (κ1) is 9.85. The number of aliphatic carboxylic acids is 1. The third kappa shape index (κ3) is 2.04. The van der Waals surface area contributed by atoms with E-state index in [4.69, 9.17) is 5.11 Å². The highest BCUT2D eigenvalue weighted by Gasteiger charge is 2.17. The van der Waals surface area contributed by atoms with Crippen LogP contribution in [0.5, 0.6) is 0 Å². The fourth-order valence-electron chi connectivity index (χ4n) is 1.76. The van der Waals surface area contributed by atoms with E-state index in [1.165, 1.54) is 0 Å². The number of hydrogen-bond donors (Lipinski definition) is 3. The molecule has 6 nitrogen and oxygen atoms in total. The first-order valence-electron chi connectivity index (χ1n) is 4.70. The summed E-state index contributed by atoms with van der Waals surface area (Å²) in [7, 11) is 0. The molecule has 0 unspecified atom stereocenters. The summed E-state index contributed by atoms with van der Waals surface area (Å²) < 4.78 is 0. The average molecular weight is 209 g/mol. The Hall–Kier alpha value is -1.69. The van der Waals surface area contributed by atoms with Crippen molar-refractivity contribution in [1.29, 1.82) is 0 Å². The highest BCUT2D eigenvalue weighted by Crippen LogP contribution is 2.13. The van der Waals surface area contributed by atoms with Crippen LogP contribution in [0.4, 0.5) is 0 Å². The van der Waals surface area contributed by atoms with Crippen LogP contribution in [0, 0.1) is 0 Å². The van der Waals surface area contributed by atoms with Crippen LogP contribution >= 0.6 is 0 Å². The Labute approximate surface area is 85.4 Å². The molecule has 0 saturated carbocycles. The van der Waals surface area contributed by atoms with Gasteiger partial charge in [-0.05, 0) is 18.5 Å². The second-order valence-electron chi connectivity index (χ2n) is 3.44. The summed E-state index contributed by atoms with van der Waals surface area (Å²) in [6.45, 7) is 1.35. The van der Waals surface area contributed by atoms with E-state index in [9.17, 15) is 9.59 Å². The van der Waals surface area contributed by atoms with Crippen molar-refractivity contribution in [3.63, 3.8) is 0 Å². The molecule has 0 radical (unpaired) electrons. The number of carboxylic acids is 1. The van der Waals surface area contributed by atoms with E-state index < -0.39 is 11.7 Å². The summed E-state index contributed by atoms with van der Waals surface area (Å²) in [6, 6.07) is 0. The van der Waals surface area contributed by atoms with E-state index in [0.29, 0.717) is 18.7 Å². The Morgan fingerprint density at radius 3 is 3.07 bits per heavy atom. The third-order valence-electron chi connectivity index (χ3n) is 2.38. The fourth-order valence-corrected chi connectivity index (χ4v) is 1.76. The predicted molar refractivity (Wildman–Crippen MR) is 51.6 cm³/mol. The van der Waals surface area contributed by atoms with Crippen LogP contribution in [0.1, 0.15) is 17.0 Å². The summed E-state index contributed by atoms with van der Waals surface area (Å²) in [6.07, 6.45) is 0.522. The number of nitrogens with zero attached hydrogens (tertiary/aromatic N) is 1. The molecule has 2 heterocycles. The maximum atomic E-state index is 11.2. The van der Waals surface area contributed by atoms with Gasteiger partial charge < -0.3 is 15.4 Å². The highest BCUT2D eigenvalue weighted by molar-refractivity contribution is 5.70. The lowest BCUT2D eigenvalue weighted by Gasteiger charge is -2.18. The number of aromatic amines is 1. The molecule has 0 aliphatic carbocycles. The van der Waals surface area contributed by atoms with Crippen LogP contribution in [0.2, 0.25) is 0 Å². The van der Waals surface area contributed by atoms with Crippen molar-refractivity contribution in [3.8, 4) is 0 Å². The molecule has 0 aromatic carbocycles. The number of fused-ring (bicyclic) bond motifs is 1. The summed E-state index contributed by atoms with van der Waals surface area (Å²) in [5, 5.41) is 11.8. The molecule has 1 aromatic rings. The number of H-pyrrole nitrogens is 1. The lowest BCUT2D eigenvalue weighted by Crippen LogP contribution is -2.30. The Kier molecular flexibility index (Phi) is 2.51. The SMILES string of the molecule is O=C(O)Cc1nc(=O)[nH]c2c1CCNC2. The maximum absolute atomic E-state index is 11.2. The minimum Gasteiger partial charge on any atom is -0.481 e. The molecule has 15 heavy (non-hydrogen) atoms. The zero-order valence-electron chi connectivity index (χ0n) is 8.04. The van der Waals surface area contributed by atoms with E-state index in [0.717, 1.165) is 17.8 Å². The van der Waals surface area contributed by atoms with Crippen molar-refractivity contribution in [2.45, 2.75) is 19.4 Å². The molecule has 1 aliphatic rings. The molecule has 0 atom stereocenters.